The summed E-state index contributed by atoms with van der Waals surface area (Å²) in [7, 11) is 1.91. The van der Waals surface area contributed by atoms with Gasteiger partial charge in [-0.15, -0.1) is 10.2 Å². The maximum Gasteiger partial charge on any atom is 0.207 e. The van der Waals surface area contributed by atoms with Crippen molar-refractivity contribution in [2.45, 2.75) is 6.92 Å². The van der Waals surface area contributed by atoms with Crippen LogP contribution in [0.3, 0.4) is 0 Å². The van der Waals surface area contributed by atoms with Crippen molar-refractivity contribution in [1.82, 2.24) is 10.2 Å². The van der Waals surface area contributed by atoms with Gasteiger partial charge in [0, 0.05) is 13.6 Å². The molecular formula is C7H10N4S. The summed E-state index contributed by atoms with van der Waals surface area (Å²) in [6, 6.07) is 2.17. The first-order valence-electron chi connectivity index (χ1n) is 3.61. The van der Waals surface area contributed by atoms with Crippen molar-refractivity contribution in [1.29, 1.82) is 5.26 Å². The van der Waals surface area contributed by atoms with E-state index in [0.29, 0.717) is 6.54 Å². The Morgan fingerprint density at radius 1 is 1.83 bits per heavy atom. The summed E-state index contributed by atoms with van der Waals surface area (Å²) < 4.78 is 0. The van der Waals surface area contributed by atoms with Crippen LogP contribution in [0, 0.1) is 17.2 Å². The number of aromatic nitrogens is 2. The zero-order chi connectivity index (χ0) is 8.97. The lowest BCUT2D eigenvalue weighted by Gasteiger charge is -2.15. The quantitative estimate of drug-likeness (QED) is 0.703. The molecule has 64 valence electrons. The van der Waals surface area contributed by atoms with E-state index in [0.717, 1.165) is 5.13 Å². The summed E-state index contributed by atoms with van der Waals surface area (Å²) in [4.78, 5) is 1.94. The molecule has 0 saturated heterocycles. The number of nitrogens with zero attached hydrogens (tertiary/aromatic N) is 4. The summed E-state index contributed by atoms with van der Waals surface area (Å²) >= 11 is 1.48. The van der Waals surface area contributed by atoms with E-state index in [1.165, 1.54) is 11.3 Å². The number of hydrogen-bond donors (Lipinski definition) is 0. The molecule has 0 aliphatic carbocycles. The minimum Gasteiger partial charge on any atom is -0.348 e. The van der Waals surface area contributed by atoms with Gasteiger partial charge in [-0.05, 0) is 6.92 Å². The molecule has 5 heteroatoms. The van der Waals surface area contributed by atoms with Crippen molar-refractivity contribution >= 4 is 16.5 Å². The lowest BCUT2D eigenvalue weighted by atomic mass is 10.2. The van der Waals surface area contributed by atoms with Crippen LogP contribution < -0.4 is 4.90 Å². The highest BCUT2D eigenvalue weighted by atomic mass is 32.1. The predicted molar refractivity (Wildman–Crippen MR) is 48.0 cm³/mol. The molecule has 1 unspecified atom stereocenters. The van der Waals surface area contributed by atoms with Crippen molar-refractivity contribution in [2.24, 2.45) is 5.92 Å². The number of hydrogen-bond acceptors (Lipinski definition) is 5. The van der Waals surface area contributed by atoms with Crippen LogP contribution in [0.15, 0.2) is 5.51 Å². The molecule has 1 aromatic heterocycles. The van der Waals surface area contributed by atoms with Crippen LogP contribution in [0.25, 0.3) is 0 Å². The largest absolute Gasteiger partial charge is 0.348 e. The Kier molecular flexibility index (Phi) is 3.00. The van der Waals surface area contributed by atoms with Crippen molar-refractivity contribution in [2.75, 3.05) is 18.5 Å². The third-order valence-corrected chi connectivity index (χ3v) is 2.25. The molecule has 0 aromatic carbocycles. The van der Waals surface area contributed by atoms with Gasteiger partial charge in [-0.1, -0.05) is 11.3 Å². The van der Waals surface area contributed by atoms with E-state index < -0.39 is 0 Å². The summed E-state index contributed by atoms with van der Waals surface area (Å²) in [5.74, 6) is 0.0268. The number of nitriles is 1. The minimum atomic E-state index is 0.0268. The van der Waals surface area contributed by atoms with Crippen LogP contribution in [-0.2, 0) is 0 Å². The molecule has 0 aliphatic heterocycles. The fourth-order valence-electron chi connectivity index (χ4n) is 0.863. The monoisotopic (exact) mass is 182 g/mol. The van der Waals surface area contributed by atoms with Crippen molar-refractivity contribution in [3.63, 3.8) is 0 Å². The molecule has 12 heavy (non-hydrogen) atoms. The van der Waals surface area contributed by atoms with Gasteiger partial charge in [0.05, 0.1) is 12.0 Å². The Labute approximate surface area is 75.5 Å². The molecule has 0 radical (unpaired) electrons. The molecule has 1 rings (SSSR count). The first-order valence-corrected chi connectivity index (χ1v) is 4.49. The molecule has 0 N–H and O–H groups in total. The molecule has 0 spiro atoms. The van der Waals surface area contributed by atoms with Gasteiger partial charge in [-0.2, -0.15) is 5.26 Å². The van der Waals surface area contributed by atoms with Crippen molar-refractivity contribution in [3.8, 4) is 6.07 Å². The highest BCUT2D eigenvalue weighted by molar-refractivity contribution is 7.13. The second kappa shape index (κ2) is 4.02. The fourth-order valence-corrected chi connectivity index (χ4v) is 1.40. The molecule has 1 atom stereocenters. The lowest BCUT2D eigenvalue weighted by Crippen LogP contribution is -2.22. The minimum absolute atomic E-state index is 0.0268. The number of rotatable bonds is 3. The Bertz CT molecular complexity index is 263. The molecule has 4 nitrogen and oxygen atoms in total. The fraction of sp³-hybridized carbons (Fsp3) is 0.571. The van der Waals surface area contributed by atoms with E-state index in [1.54, 1.807) is 5.51 Å². The molecule has 1 aromatic rings. The molecule has 0 saturated carbocycles. The Morgan fingerprint density at radius 3 is 3.08 bits per heavy atom. The Morgan fingerprint density at radius 2 is 2.58 bits per heavy atom. The van der Waals surface area contributed by atoms with E-state index in [-0.39, 0.29) is 5.92 Å². The lowest BCUT2D eigenvalue weighted by molar-refractivity contribution is 0.712. The van der Waals surface area contributed by atoms with Crippen LogP contribution in [0.4, 0.5) is 5.13 Å². The molecular weight excluding hydrogens is 172 g/mol. The van der Waals surface area contributed by atoms with Crippen molar-refractivity contribution < 1.29 is 0 Å². The number of anilines is 1. The van der Waals surface area contributed by atoms with Crippen LogP contribution in [0.5, 0.6) is 0 Å². The first kappa shape index (κ1) is 8.94. The summed E-state index contributed by atoms with van der Waals surface area (Å²) in [6.45, 7) is 2.59. The first-order chi connectivity index (χ1) is 5.74. The van der Waals surface area contributed by atoms with Gasteiger partial charge in [0.2, 0.25) is 5.13 Å². The Balaban J connectivity index is 2.51. The summed E-state index contributed by atoms with van der Waals surface area (Å²) in [5.41, 5.74) is 1.68. The zero-order valence-corrected chi connectivity index (χ0v) is 7.88. The molecule has 0 bridgehead atoms. The molecule has 0 aliphatic rings. The molecule has 0 amide bonds. The topological polar surface area (TPSA) is 52.8 Å². The van der Waals surface area contributed by atoms with Crippen molar-refractivity contribution in [3.05, 3.63) is 5.51 Å². The maximum atomic E-state index is 8.57. The predicted octanol–water partition coefficient (Wildman–Crippen LogP) is 1.13. The zero-order valence-electron chi connectivity index (χ0n) is 7.06. The van der Waals surface area contributed by atoms with Crippen LogP contribution in [0.1, 0.15) is 6.92 Å². The van der Waals surface area contributed by atoms with Crippen LogP contribution >= 0.6 is 11.3 Å². The van der Waals surface area contributed by atoms with Crippen LogP contribution in [-0.4, -0.2) is 23.8 Å². The summed E-state index contributed by atoms with van der Waals surface area (Å²) in [5, 5.41) is 17.0. The Hall–Kier alpha value is -1.15. The SMILES string of the molecule is CC(C#N)CN(C)c1nncs1. The third-order valence-electron chi connectivity index (χ3n) is 1.44. The van der Waals surface area contributed by atoms with Gasteiger partial charge < -0.3 is 4.90 Å². The van der Waals surface area contributed by atoms with E-state index in [4.69, 9.17) is 5.26 Å². The highest BCUT2D eigenvalue weighted by Gasteiger charge is 2.07. The standard InChI is InChI=1S/C7H10N4S/c1-6(3-8)4-11(2)7-10-9-5-12-7/h5-6H,4H2,1-2H3. The van der Waals surface area contributed by atoms with E-state index in [9.17, 15) is 0 Å². The van der Waals surface area contributed by atoms with Gasteiger partial charge in [0.15, 0.2) is 0 Å². The van der Waals surface area contributed by atoms with Gasteiger partial charge in [0.25, 0.3) is 0 Å². The van der Waals surface area contributed by atoms with Crippen LogP contribution in [0.2, 0.25) is 0 Å². The average molecular weight is 182 g/mol. The summed E-state index contributed by atoms with van der Waals surface area (Å²) in [6.07, 6.45) is 0. The second-order valence-corrected chi connectivity index (χ2v) is 3.44. The third kappa shape index (κ3) is 2.17. The van der Waals surface area contributed by atoms with Gasteiger partial charge >= 0.3 is 0 Å². The van der Waals surface area contributed by atoms with E-state index >= 15 is 0 Å². The van der Waals surface area contributed by atoms with E-state index in [1.807, 2.05) is 18.9 Å². The van der Waals surface area contributed by atoms with Gasteiger partial charge in [-0.25, -0.2) is 0 Å². The average Bonchev–Trinajstić information content (AvgIpc) is 2.56. The van der Waals surface area contributed by atoms with E-state index in [2.05, 4.69) is 16.3 Å². The second-order valence-electron chi connectivity index (χ2n) is 2.63. The normalized spacial score (nSPS) is 12.1. The van der Waals surface area contributed by atoms with Gasteiger partial charge in [-0.3, -0.25) is 0 Å². The molecule has 1 heterocycles. The highest BCUT2D eigenvalue weighted by Crippen LogP contribution is 2.14. The molecule has 0 fully saturated rings. The smallest absolute Gasteiger partial charge is 0.207 e. The maximum absolute atomic E-state index is 8.57. The van der Waals surface area contributed by atoms with Gasteiger partial charge in [0.1, 0.15) is 5.51 Å².